The van der Waals surface area contributed by atoms with Gasteiger partial charge in [-0.25, -0.2) is 0 Å². The summed E-state index contributed by atoms with van der Waals surface area (Å²) >= 11 is 0. The molecule has 0 radical (unpaired) electrons. The van der Waals surface area contributed by atoms with Crippen LogP contribution in [0.3, 0.4) is 0 Å². The van der Waals surface area contributed by atoms with Gasteiger partial charge in [0.25, 0.3) is 0 Å². The van der Waals surface area contributed by atoms with Crippen LogP contribution in [-0.4, -0.2) is 25.2 Å². The van der Waals surface area contributed by atoms with Gasteiger partial charge >= 0.3 is 0 Å². The molecule has 0 bridgehead atoms. The Kier molecular flexibility index (Phi) is 1.82. The highest BCUT2D eigenvalue weighted by molar-refractivity contribution is 5.81. The molecular formula is C8H13NO2. The summed E-state index contributed by atoms with van der Waals surface area (Å²) < 4.78 is 5.03. The second-order valence-electron chi connectivity index (χ2n) is 3.34. The Morgan fingerprint density at radius 3 is 2.64 bits per heavy atom. The highest BCUT2D eigenvalue weighted by Crippen LogP contribution is 2.27. The lowest BCUT2D eigenvalue weighted by Crippen LogP contribution is -2.43. The van der Waals surface area contributed by atoms with Crippen molar-refractivity contribution in [3.05, 3.63) is 0 Å². The number of hydrogen-bond donors (Lipinski definition) is 1. The van der Waals surface area contributed by atoms with Crippen molar-refractivity contribution < 1.29 is 9.53 Å². The van der Waals surface area contributed by atoms with Gasteiger partial charge in [-0.1, -0.05) is 0 Å². The van der Waals surface area contributed by atoms with Crippen molar-refractivity contribution in [2.45, 2.75) is 25.4 Å². The number of rotatable bonds is 3. The van der Waals surface area contributed by atoms with Gasteiger partial charge in [0.05, 0.1) is 6.61 Å². The van der Waals surface area contributed by atoms with Crippen LogP contribution in [0.5, 0.6) is 0 Å². The third-order valence-electron chi connectivity index (χ3n) is 2.25. The van der Waals surface area contributed by atoms with Crippen molar-refractivity contribution in [2.75, 3.05) is 13.2 Å². The zero-order valence-corrected chi connectivity index (χ0v) is 6.51. The van der Waals surface area contributed by atoms with Crippen LogP contribution >= 0.6 is 0 Å². The van der Waals surface area contributed by atoms with E-state index in [9.17, 15) is 4.79 Å². The summed E-state index contributed by atoms with van der Waals surface area (Å²) in [5.41, 5.74) is 0. The standard InChI is InChI=1S/C8H13NO2/c10-8(7-3-4-11-7)9-5-6-1-2-6/h6-7H,1-5H2,(H,9,10). The van der Waals surface area contributed by atoms with Crippen LogP contribution in [0.1, 0.15) is 19.3 Å². The molecule has 3 nitrogen and oxygen atoms in total. The highest BCUT2D eigenvalue weighted by Gasteiger charge is 2.28. The van der Waals surface area contributed by atoms with Crippen LogP contribution in [0.25, 0.3) is 0 Å². The molecule has 1 saturated heterocycles. The SMILES string of the molecule is O=C(NCC1CC1)C1CCO1. The second kappa shape index (κ2) is 2.81. The van der Waals surface area contributed by atoms with E-state index >= 15 is 0 Å². The lowest BCUT2D eigenvalue weighted by atomic mass is 10.2. The van der Waals surface area contributed by atoms with Crippen LogP contribution in [0.15, 0.2) is 0 Å². The maximum absolute atomic E-state index is 11.1. The summed E-state index contributed by atoms with van der Waals surface area (Å²) in [6, 6.07) is 0. The Morgan fingerprint density at radius 2 is 2.18 bits per heavy atom. The zero-order valence-electron chi connectivity index (χ0n) is 6.51. The number of amides is 1. The Labute approximate surface area is 66.1 Å². The molecule has 1 aliphatic heterocycles. The van der Waals surface area contributed by atoms with E-state index in [0.717, 1.165) is 25.5 Å². The number of ether oxygens (including phenoxy) is 1. The average Bonchev–Trinajstić information content (AvgIpc) is 2.61. The van der Waals surface area contributed by atoms with Gasteiger partial charge in [0, 0.05) is 13.0 Å². The van der Waals surface area contributed by atoms with Gasteiger partial charge in [-0.05, 0) is 18.8 Å². The van der Waals surface area contributed by atoms with Gasteiger partial charge in [0.2, 0.25) is 5.91 Å². The molecule has 1 amide bonds. The molecule has 1 unspecified atom stereocenters. The van der Waals surface area contributed by atoms with Crippen molar-refractivity contribution in [3.8, 4) is 0 Å². The fraction of sp³-hybridized carbons (Fsp3) is 0.875. The van der Waals surface area contributed by atoms with E-state index in [0.29, 0.717) is 0 Å². The molecule has 1 atom stereocenters. The molecule has 1 heterocycles. The van der Waals surface area contributed by atoms with Gasteiger partial charge < -0.3 is 10.1 Å². The van der Waals surface area contributed by atoms with E-state index in [1.54, 1.807) is 0 Å². The van der Waals surface area contributed by atoms with Gasteiger partial charge in [-0.2, -0.15) is 0 Å². The minimum atomic E-state index is -0.131. The molecule has 2 rings (SSSR count). The van der Waals surface area contributed by atoms with Crippen molar-refractivity contribution in [1.29, 1.82) is 0 Å². The molecule has 3 heteroatoms. The van der Waals surface area contributed by atoms with Crippen LogP contribution in [0.4, 0.5) is 0 Å². The fourth-order valence-electron chi connectivity index (χ4n) is 1.12. The molecular weight excluding hydrogens is 142 g/mol. The zero-order chi connectivity index (χ0) is 7.68. The number of nitrogens with one attached hydrogen (secondary N) is 1. The monoisotopic (exact) mass is 155 g/mol. The molecule has 2 aliphatic rings. The molecule has 0 aromatic carbocycles. The first-order valence-electron chi connectivity index (χ1n) is 4.25. The first-order chi connectivity index (χ1) is 5.36. The van der Waals surface area contributed by atoms with Crippen molar-refractivity contribution in [3.63, 3.8) is 0 Å². The molecule has 2 fully saturated rings. The largest absolute Gasteiger partial charge is 0.368 e. The summed E-state index contributed by atoms with van der Waals surface area (Å²) in [4.78, 5) is 11.1. The number of carbonyl (C=O) groups excluding carboxylic acids is 1. The van der Waals surface area contributed by atoms with E-state index in [2.05, 4.69) is 5.32 Å². The summed E-state index contributed by atoms with van der Waals surface area (Å²) in [5, 5.41) is 2.88. The Bertz CT molecular complexity index is 161. The first-order valence-corrected chi connectivity index (χ1v) is 4.25. The lowest BCUT2D eigenvalue weighted by Gasteiger charge is -2.24. The molecule has 62 valence electrons. The normalized spacial score (nSPS) is 29.3. The van der Waals surface area contributed by atoms with Crippen molar-refractivity contribution in [2.24, 2.45) is 5.92 Å². The predicted octanol–water partition coefficient (Wildman–Crippen LogP) is 0.301. The molecule has 0 spiro atoms. The van der Waals surface area contributed by atoms with E-state index in [4.69, 9.17) is 4.74 Å². The number of hydrogen-bond acceptors (Lipinski definition) is 2. The quantitative estimate of drug-likeness (QED) is 0.636. The Hall–Kier alpha value is -0.570. The molecule has 1 aliphatic carbocycles. The van der Waals surface area contributed by atoms with Gasteiger partial charge in [0.15, 0.2) is 0 Å². The van der Waals surface area contributed by atoms with Crippen LogP contribution < -0.4 is 5.32 Å². The topological polar surface area (TPSA) is 38.3 Å². The first kappa shape index (κ1) is 7.10. The molecule has 0 aromatic rings. The predicted molar refractivity (Wildman–Crippen MR) is 40.1 cm³/mol. The maximum Gasteiger partial charge on any atom is 0.249 e. The third kappa shape index (κ3) is 1.71. The van der Waals surface area contributed by atoms with Gasteiger partial charge in [-0.15, -0.1) is 0 Å². The average molecular weight is 155 g/mol. The summed E-state index contributed by atoms with van der Waals surface area (Å²) in [6.07, 6.45) is 3.34. The smallest absolute Gasteiger partial charge is 0.249 e. The van der Waals surface area contributed by atoms with E-state index in [1.165, 1.54) is 12.8 Å². The highest BCUT2D eigenvalue weighted by atomic mass is 16.5. The van der Waals surface area contributed by atoms with Crippen LogP contribution in [0, 0.1) is 5.92 Å². The molecule has 1 N–H and O–H groups in total. The third-order valence-corrected chi connectivity index (χ3v) is 2.25. The van der Waals surface area contributed by atoms with Crippen molar-refractivity contribution >= 4 is 5.91 Å². The minimum Gasteiger partial charge on any atom is -0.368 e. The van der Waals surface area contributed by atoms with Crippen LogP contribution in [-0.2, 0) is 9.53 Å². The molecule has 1 saturated carbocycles. The summed E-state index contributed by atoms with van der Waals surface area (Å²) in [7, 11) is 0. The van der Waals surface area contributed by atoms with Gasteiger partial charge in [0.1, 0.15) is 6.10 Å². The fourth-order valence-corrected chi connectivity index (χ4v) is 1.12. The van der Waals surface area contributed by atoms with E-state index < -0.39 is 0 Å². The van der Waals surface area contributed by atoms with Gasteiger partial charge in [-0.3, -0.25) is 4.79 Å². The lowest BCUT2D eigenvalue weighted by molar-refractivity contribution is -0.144. The molecule has 11 heavy (non-hydrogen) atoms. The minimum absolute atomic E-state index is 0.0863. The van der Waals surface area contributed by atoms with Crippen molar-refractivity contribution in [1.82, 2.24) is 5.32 Å². The Morgan fingerprint density at radius 1 is 1.45 bits per heavy atom. The van der Waals surface area contributed by atoms with E-state index in [1.807, 2.05) is 0 Å². The summed E-state index contributed by atoms with van der Waals surface area (Å²) in [5.74, 6) is 0.849. The van der Waals surface area contributed by atoms with Crippen LogP contribution in [0.2, 0.25) is 0 Å². The Balaban J connectivity index is 1.63. The summed E-state index contributed by atoms with van der Waals surface area (Å²) in [6.45, 7) is 1.61. The molecule has 0 aromatic heterocycles. The number of carbonyl (C=O) groups is 1. The second-order valence-corrected chi connectivity index (χ2v) is 3.34. The maximum atomic E-state index is 11.1. The van der Waals surface area contributed by atoms with E-state index in [-0.39, 0.29) is 12.0 Å².